The summed E-state index contributed by atoms with van der Waals surface area (Å²) in [7, 11) is 0. The lowest BCUT2D eigenvalue weighted by atomic mass is 10.0. The number of rotatable bonds is 11. The molecule has 0 rings (SSSR count). The molecule has 2 atom stereocenters. The summed E-state index contributed by atoms with van der Waals surface area (Å²) in [6.07, 6.45) is -1.59. The Kier molecular flexibility index (Phi) is 9.98. The van der Waals surface area contributed by atoms with Crippen molar-refractivity contribution in [3.8, 4) is 0 Å². The molecule has 2 unspecified atom stereocenters. The lowest BCUT2D eigenvalue weighted by molar-refractivity contribution is -0.543. The molecule has 0 aromatic rings. The molecule has 174 valence electrons. The van der Waals surface area contributed by atoms with Crippen molar-refractivity contribution in [2.75, 3.05) is 0 Å². The van der Waals surface area contributed by atoms with Crippen LogP contribution in [-0.2, 0) is 9.59 Å². The van der Waals surface area contributed by atoms with Crippen molar-refractivity contribution >= 4 is 35.0 Å². The fourth-order valence-electron chi connectivity index (χ4n) is 3.41. The molecule has 0 fully saturated rings. The van der Waals surface area contributed by atoms with Gasteiger partial charge in [0.2, 0.25) is 0 Å². The predicted molar refractivity (Wildman–Crippen MR) is 115 cm³/mol. The fraction of sp³-hybridized carbons (Fsp3) is 0.889. The largest absolute Gasteiger partial charge is 0.372 e. The highest BCUT2D eigenvalue weighted by atomic mass is 35.5. The van der Waals surface area contributed by atoms with Crippen molar-refractivity contribution < 1.29 is 19.4 Å². The molecule has 10 nitrogen and oxygen atoms in total. The van der Waals surface area contributed by atoms with Crippen LogP contribution in [0.1, 0.15) is 68.2 Å². The third kappa shape index (κ3) is 5.94. The second-order valence-corrected chi connectivity index (χ2v) is 9.58. The van der Waals surface area contributed by atoms with Gasteiger partial charge in [0.25, 0.3) is 0 Å². The minimum atomic E-state index is -2.69. The summed E-state index contributed by atoms with van der Waals surface area (Å²) in [5.74, 6) is -2.00. The van der Waals surface area contributed by atoms with Crippen molar-refractivity contribution in [3.63, 3.8) is 0 Å². The van der Waals surface area contributed by atoms with Crippen LogP contribution in [0.4, 0.5) is 0 Å². The van der Waals surface area contributed by atoms with Gasteiger partial charge in [-0.25, -0.2) is 0 Å². The summed E-state index contributed by atoms with van der Waals surface area (Å²) >= 11 is 12.3. The highest BCUT2D eigenvalue weighted by molar-refractivity contribution is 6.34. The number of carbonyl (C=O) groups is 2. The van der Waals surface area contributed by atoms with Crippen LogP contribution >= 0.6 is 23.2 Å². The van der Waals surface area contributed by atoms with Gasteiger partial charge in [0.15, 0.2) is 0 Å². The van der Waals surface area contributed by atoms with E-state index < -0.39 is 68.7 Å². The van der Waals surface area contributed by atoms with Gasteiger partial charge in [0.05, 0.1) is 22.7 Å². The zero-order valence-electron chi connectivity index (χ0n) is 18.7. The maximum Gasteiger partial charge on any atom is 0.372 e. The van der Waals surface area contributed by atoms with E-state index in [1.54, 1.807) is 55.4 Å². The van der Waals surface area contributed by atoms with Crippen molar-refractivity contribution in [3.05, 3.63) is 20.2 Å². The molecule has 0 radical (unpaired) electrons. The highest BCUT2D eigenvalue weighted by Crippen LogP contribution is 2.35. The van der Waals surface area contributed by atoms with E-state index in [4.69, 9.17) is 23.2 Å². The van der Waals surface area contributed by atoms with Gasteiger partial charge in [-0.05, 0) is 78.6 Å². The van der Waals surface area contributed by atoms with Crippen LogP contribution < -0.4 is 0 Å². The highest BCUT2D eigenvalue weighted by Gasteiger charge is 2.59. The number of carbonyl (C=O) groups excluding carboxylic acids is 2. The van der Waals surface area contributed by atoms with Gasteiger partial charge in [-0.2, -0.15) is 0 Å². The smallest absolute Gasteiger partial charge is 0.330 e. The van der Waals surface area contributed by atoms with Crippen LogP contribution in [0.3, 0.4) is 0 Å². The Morgan fingerprint density at radius 3 is 1.03 bits per heavy atom. The number of nitrogens with zero attached hydrogens (tertiary/aromatic N) is 4. The summed E-state index contributed by atoms with van der Waals surface area (Å²) in [5, 5.41) is 23.5. The van der Waals surface area contributed by atoms with Gasteiger partial charge in [-0.15, -0.1) is 0 Å². The average Bonchev–Trinajstić information content (AvgIpc) is 2.57. The topological polar surface area (TPSA) is 127 Å². The zero-order chi connectivity index (χ0) is 24.2. The van der Waals surface area contributed by atoms with Crippen LogP contribution in [0.2, 0.25) is 0 Å². The second kappa shape index (κ2) is 10.6. The number of halogens is 2. The predicted octanol–water partition coefficient (Wildman–Crippen LogP) is 3.48. The Morgan fingerprint density at radius 2 is 0.900 bits per heavy atom. The van der Waals surface area contributed by atoms with Crippen LogP contribution in [-0.4, -0.2) is 65.6 Å². The quantitative estimate of drug-likeness (QED) is 0.197. The molecule has 30 heavy (non-hydrogen) atoms. The number of hydrogen-bond donors (Lipinski definition) is 0. The first-order valence-corrected chi connectivity index (χ1v) is 10.5. The minimum Gasteiger partial charge on any atom is -0.330 e. The monoisotopic (exact) mass is 470 g/mol. The molecule has 0 aliphatic carbocycles. The Morgan fingerprint density at radius 1 is 0.700 bits per heavy atom. The Hall–Kier alpha value is -1.68. The van der Waals surface area contributed by atoms with Gasteiger partial charge >= 0.3 is 21.8 Å². The minimum absolute atomic E-state index is 0.397. The Balaban J connectivity index is 6.10. The van der Waals surface area contributed by atoms with Crippen LogP contribution in [0.25, 0.3) is 0 Å². The standard InChI is InChI=1S/C18H32Cl2N4O6/c1-11(2)21(12(3)4)15(25)17(19,23(27)28)9-10-18(20,24(29)30)16(26)22(13(5)6)14(7)8/h11-14H,9-10H2,1-8H3. The second-order valence-electron chi connectivity index (χ2n) is 8.33. The first-order valence-electron chi connectivity index (χ1n) is 9.77. The molecule has 0 spiro atoms. The van der Waals surface area contributed by atoms with E-state index in [1.807, 2.05) is 0 Å². The summed E-state index contributed by atoms with van der Waals surface area (Å²) in [6, 6.07) is -1.59. The molecule has 0 aliphatic rings. The Labute approximate surface area is 187 Å². The molecule has 12 heteroatoms. The van der Waals surface area contributed by atoms with Gasteiger partial charge in [0, 0.05) is 24.2 Å². The number of alkyl halides is 2. The summed E-state index contributed by atoms with van der Waals surface area (Å²) in [6.45, 7) is 13.4. The first-order chi connectivity index (χ1) is 13.4. The van der Waals surface area contributed by atoms with E-state index in [0.29, 0.717) is 0 Å². The van der Waals surface area contributed by atoms with E-state index in [1.165, 1.54) is 9.80 Å². The lowest BCUT2D eigenvalue weighted by Crippen LogP contribution is -2.58. The van der Waals surface area contributed by atoms with Crippen molar-refractivity contribution in [1.29, 1.82) is 0 Å². The third-order valence-corrected chi connectivity index (χ3v) is 5.69. The third-order valence-electron chi connectivity index (χ3n) is 4.72. The van der Waals surface area contributed by atoms with Gasteiger partial charge in [-0.3, -0.25) is 29.8 Å². The normalized spacial score (nSPS) is 15.8. The van der Waals surface area contributed by atoms with Crippen LogP contribution in [0, 0.1) is 20.2 Å². The molecule has 0 aliphatic heterocycles. The number of amides is 2. The first kappa shape index (κ1) is 28.3. The summed E-state index contributed by atoms with van der Waals surface area (Å²) in [5.41, 5.74) is 0. The van der Waals surface area contributed by atoms with E-state index in [2.05, 4.69) is 0 Å². The van der Waals surface area contributed by atoms with E-state index in [9.17, 15) is 29.8 Å². The van der Waals surface area contributed by atoms with Crippen molar-refractivity contribution in [2.45, 2.75) is 102 Å². The molecule has 2 amide bonds. The number of hydrogen-bond acceptors (Lipinski definition) is 6. The van der Waals surface area contributed by atoms with E-state index in [-0.39, 0.29) is 0 Å². The maximum absolute atomic E-state index is 12.9. The fourth-order valence-corrected chi connectivity index (χ4v) is 3.79. The molecule has 0 aromatic heterocycles. The van der Waals surface area contributed by atoms with Gasteiger partial charge < -0.3 is 9.80 Å². The van der Waals surface area contributed by atoms with Crippen LogP contribution in [0.5, 0.6) is 0 Å². The van der Waals surface area contributed by atoms with Crippen molar-refractivity contribution in [1.82, 2.24) is 9.80 Å². The van der Waals surface area contributed by atoms with Gasteiger partial charge in [-0.1, -0.05) is 0 Å². The molecular weight excluding hydrogens is 439 g/mol. The summed E-state index contributed by atoms with van der Waals surface area (Å²) < 4.78 is 0. The van der Waals surface area contributed by atoms with Crippen LogP contribution in [0.15, 0.2) is 0 Å². The maximum atomic E-state index is 12.9. The molecule has 0 saturated heterocycles. The molecule has 0 saturated carbocycles. The molecule has 0 N–H and O–H groups in total. The lowest BCUT2D eigenvalue weighted by Gasteiger charge is -2.35. The molecule has 0 bridgehead atoms. The van der Waals surface area contributed by atoms with Crippen molar-refractivity contribution in [2.24, 2.45) is 0 Å². The van der Waals surface area contributed by atoms with Gasteiger partial charge in [0.1, 0.15) is 0 Å². The average molecular weight is 471 g/mol. The summed E-state index contributed by atoms with van der Waals surface area (Å²) in [4.78, 5) is 44.5. The number of nitro groups is 2. The van der Waals surface area contributed by atoms with E-state index >= 15 is 0 Å². The molecule has 0 heterocycles. The molecular formula is C18H32Cl2N4O6. The SMILES string of the molecule is CC(C)N(C(=O)C(Cl)(CCC(Cl)(C(=O)N(C(C)C)C(C)C)[N+](=O)[O-])[N+](=O)[O-])C(C)C. The Bertz CT molecular complexity index is 601. The molecule has 0 aromatic carbocycles. The zero-order valence-corrected chi connectivity index (χ0v) is 20.2. The van der Waals surface area contributed by atoms with E-state index in [0.717, 1.165) is 0 Å².